The van der Waals surface area contributed by atoms with Gasteiger partial charge in [-0.25, -0.2) is 9.82 Å². The smallest absolute Gasteiger partial charge is 0.132 e. The van der Waals surface area contributed by atoms with Crippen LogP contribution in [0.2, 0.25) is 0 Å². The quantitative estimate of drug-likeness (QED) is 0.630. The summed E-state index contributed by atoms with van der Waals surface area (Å²) in [6, 6.07) is 5.94. The minimum Gasteiger partial charge on any atom is -0.497 e. The summed E-state index contributed by atoms with van der Waals surface area (Å²) >= 11 is 0. The molecule has 1 aromatic carbocycles. The number of rotatable bonds is 4. The van der Waals surface area contributed by atoms with Gasteiger partial charge in [0.2, 0.25) is 0 Å². The number of hydrogen-bond donors (Lipinski definition) is 2. The number of aromatic nitrogens is 2. The van der Waals surface area contributed by atoms with E-state index in [0.717, 1.165) is 0 Å². The van der Waals surface area contributed by atoms with Crippen LogP contribution in [0.15, 0.2) is 30.5 Å². The minimum absolute atomic E-state index is 0.386. The molecule has 0 bridgehead atoms. The molecule has 1 atom stereocenters. The summed E-state index contributed by atoms with van der Waals surface area (Å²) in [6.07, 6.45) is 1.78. The highest BCUT2D eigenvalue weighted by molar-refractivity contribution is 5.34. The molecule has 0 saturated heterocycles. The van der Waals surface area contributed by atoms with Crippen molar-refractivity contribution in [1.29, 1.82) is 0 Å². The molecule has 2 rings (SSSR count). The summed E-state index contributed by atoms with van der Waals surface area (Å²) in [4.78, 5) is 0. The number of aryl methyl sites for hydroxylation is 1. The average Bonchev–Trinajstić information content (AvgIpc) is 2.78. The number of halogens is 1. The van der Waals surface area contributed by atoms with E-state index in [4.69, 9.17) is 10.6 Å². The van der Waals surface area contributed by atoms with Crippen molar-refractivity contribution in [3.63, 3.8) is 0 Å². The molecule has 1 heterocycles. The second-order valence-electron chi connectivity index (χ2n) is 3.90. The van der Waals surface area contributed by atoms with Gasteiger partial charge in [0.05, 0.1) is 18.8 Å². The van der Waals surface area contributed by atoms with Gasteiger partial charge in [-0.2, -0.15) is 5.10 Å². The first kappa shape index (κ1) is 12.5. The second kappa shape index (κ2) is 5.16. The van der Waals surface area contributed by atoms with Crippen LogP contribution in [0.3, 0.4) is 0 Å². The molecule has 6 heteroatoms. The first-order chi connectivity index (χ1) is 8.65. The van der Waals surface area contributed by atoms with Crippen molar-refractivity contribution in [2.45, 2.75) is 6.04 Å². The molecule has 2 aromatic rings. The van der Waals surface area contributed by atoms with E-state index >= 15 is 0 Å². The van der Waals surface area contributed by atoms with Crippen LogP contribution in [0.4, 0.5) is 4.39 Å². The Bertz CT molecular complexity index is 541. The maximum absolute atomic E-state index is 14.0. The van der Waals surface area contributed by atoms with Gasteiger partial charge < -0.3 is 4.74 Å². The van der Waals surface area contributed by atoms with Crippen LogP contribution in [-0.2, 0) is 7.05 Å². The Hall–Kier alpha value is -1.92. The highest BCUT2D eigenvalue weighted by Gasteiger charge is 2.19. The predicted octanol–water partition coefficient (Wildman–Crippen LogP) is 1.12. The first-order valence-corrected chi connectivity index (χ1v) is 5.45. The molecular weight excluding hydrogens is 235 g/mol. The molecule has 0 saturated carbocycles. The van der Waals surface area contributed by atoms with Gasteiger partial charge in [0.1, 0.15) is 11.6 Å². The third-order valence-corrected chi connectivity index (χ3v) is 2.72. The number of nitrogens with two attached hydrogens (primary N) is 1. The van der Waals surface area contributed by atoms with Crippen LogP contribution in [0.5, 0.6) is 5.75 Å². The van der Waals surface area contributed by atoms with Gasteiger partial charge in [0, 0.05) is 24.9 Å². The van der Waals surface area contributed by atoms with Gasteiger partial charge >= 0.3 is 0 Å². The van der Waals surface area contributed by atoms with Gasteiger partial charge in [-0.05, 0) is 12.1 Å². The zero-order valence-corrected chi connectivity index (χ0v) is 10.2. The lowest BCUT2D eigenvalue weighted by Crippen LogP contribution is -2.30. The molecule has 0 fully saturated rings. The zero-order chi connectivity index (χ0) is 13.1. The fourth-order valence-electron chi connectivity index (χ4n) is 1.79. The third-order valence-electron chi connectivity index (χ3n) is 2.72. The van der Waals surface area contributed by atoms with Gasteiger partial charge in [-0.1, -0.05) is 6.07 Å². The molecule has 5 nitrogen and oxygen atoms in total. The van der Waals surface area contributed by atoms with Gasteiger partial charge in [-0.3, -0.25) is 10.5 Å². The molecule has 0 aliphatic heterocycles. The molecule has 96 valence electrons. The summed E-state index contributed by atoms with van der Waals surface area (Å²) < 4.78 is 20.6. The average molecular weight is 250 g/mol. The van der Waals surface area contributed by atoms with E-state index < -0.39 is 6.04 Å². The van der Waals surface area contributed by atoms with Crippen molar-refractivity contribution in [1.82, 2.24) is 15.2 Å². The van der Waals surface area contributed by atoms with Crippen molar-refractivity contribution in [2.75, 3.05) is 7.11 Å². The van der Waals surface area contributed by atoms with Crippen molar-refractivity contribution in [3.05, 3.63) is 47.5 Å². The van der Waals surface area contributed by atoms with E-state index in [0.29, 0.717) is 17.0 Å². The lowest BCUT2D eigenvalue weighted by atomic mass is 10.0. The largest absolute Gasteiger partial charge is 0.497 e. The first-order valence-electron chi connectivity index (χ1n) is 5.45. The SMILES string of the molecule is COc1ccc(C(NN)c2ccn(C)n2)c(F)c1. The van der Waals surface area contributed by atoms with Gasteiger partial charge in [0.25, 0.3) is 0 Å². The van der Waals surface area contributed by atoms with E-state index in [-0.39, 0.29) is 5.82 Å². The fourth-order valence-corrected chi connectivity index (χ4v) is 1.79. The summed E-state index contributed by atoms with van der Waals surface area (Å²) in [6.45, 7) is 0. The maximum atomic E-state index is 14.0. The minimum atomic E-state index is -0.489. The van der Waals surface area contributed by atoms with Gasteiger partial charge in [-0.15, -0.1) is 0 Å². The molecule has 0 spiro atoms. The third kappa shape index (κ3) is 2.34. The Morgan fingerprint density at radius 2 is 2.22 bits per heavy atom. The predicted molar refractivity (Wildman–Crippen MR) is 65.3 cm³/mol. The molecule has 0 aliphatic carbocycles. The van der Waals surface area contributed by atoms with Crippen LogP contribution >= 0.6 is 0 Å². The van der Waals surface area contributed by atoms with Crippen molar-refractivity contribution < 1.29 is 9.13 Å². The van der Waals surface area contributed by atoms with E-state index in [1.54, 1.807) is 36.1 Å². The molecule has 0 radical (unpaired) electrons. The molecule has 18 heavy (non-hydrogen) atoms. The number of ether oxygens (including phenoxy) is 1. The van der Waals surface area contributed by atoms with E-state index in [2.05, 4.69) is 10.5 Å². The van der Waals surface area contributed by atoms with Gasteiger partial charge in [0.15, 0.2) is 0 Å². The maximum Gasteiger partial charge on any atom is 0.132 e. The number of hydrogen-bond acceptors (Lipinski definition) is 4. The van der Waals surface area contributed by atoms with E-state index in [1.165, 1.54) is 13.2 Å². The Labute approximate surface area is 104 Å². The Morgan fingerprint density at radius 3 is 2.72 bits per heavy atom. The number of benzene rings is 1. The fraction of sp³-hybridized carbons (Fsp3) is 0.250. The zero-order valence-electron chi connectivity index (χ0n) is 10.2. The van der Waals surface area contributed by atoms with Crippen LogP contribution < -0.4 is 16.0 Å². The molecule has 0 amide bonds. The normalized spacial score (nSPS) is 12.4. The summed E-state index contributed by atoms with van der Waals surface area (Å²) in [5.74, 6) is 5.57. The molecule has 1 aromatic heterocycles. The van der Waals surface area contributed by atoms with Crippen molar-refractivity contribution in [2.24, 2.45) is 12.9 Å². The Kier molecular flexibility index (Phi) is 3.59. The Balaban J connectivity index is 2.39. The van der Waals surface area contributed by atoms with Crippen LogP contribution in [0.25, 0.3) is 0 Å². The Morgan fingerprint density at radius 1 is 1.44 bits per heavy atom. The van der Waals surface area contributed by atoms with Crippen molar-refractivity contribution >= 4 is 0 Å². The lowest BCUT2D eigenvalue weighted by molar-refractivity contribution is 0.410. The summed E-state index contributed by atoms with van der Waals surface area (Å²) in [5, 5.41) is 4.22. The van der Waals surface area contributed by atoms with Crippen LogP contribution in [0.1, 0.15) is 17.3 Å². The number of nitrogens with zero attached hydrogens (tertiary/aromatic N) is 2. The van der Waals surface area contributed by atoms with Crippen molar-refractivity contribution in [3.8, 4) is 5.75 Å². The topological polar surface area (TPSA) is 65.1 Å². The van der Waals surface area contributed by atoms with E-state index in [9.17, 15) is 4.39 Å². The molecular formula is C12H15FN4O. The monoisotopic (exact) mass is 250 g/mol. The number of nitrogens with one attached hydrogen (secondary N) is 1. The highest BCUT2D eigenvalue weighted by atomic mass is 19.1. The summed E-state index contributed by atoms with van der Waals surface area (Å²) in [5.41, 5.74) is 3.65. The number of hydrazine groups is 1. The standard InChI is InChI=1S/C12H15FN4O/c1-17-6-5-11(16-17)12(15-14)9-4-3-8(18-2)7-10(9)13/h3-7,12,15H,14H2,1-2H3. The molecule has 3 N–H and O–H groups in total. The second-order valence-corrected chi connectivity index (χ2v) is 3.90. The molecule has 0 aliphatic rings. The number of methoxy groups -OCH3 is 1. The van der Waals surface area contributed by atoms with Crippen LogP contribution in [0, 0.1) is 5.82 Å². The highest BCUT2D eigenvalue weighted by Crippen LogP contribution is 2.25. The van der Waals surface area contributed by atoms with Crippen LogP contribution in [-0.4, -0.2) is 16.9 Å². The van der Waals surface area contributed by atoms with E-state index in [1.807, 2.05) is 0 Å². The molecule has 1 unspecified atom stereocenters. The summed E-state index contributed by atoms with van der Waals surface area (Å²) in [7, 11) is 3.29. The lowest BCUT2D eigenvalue weighted by Gasteiger charge is -2.15.